The Morgan fingerprint density at radius 2 is 1.73 bits per heavy atom. The second-order valence-electron chi connectivity index (χ2n) is 7.72. The number of carbonyl (C=O) groups is 1. The molecule has 2 aromatic heterocycles. The number of halogens is 1. The molecular formula is C26H25ClN6O4. The Kier molecular flexibility index (Phi) is 7.89. The smallest absolute Gasteiger partial charge is 0.323 e. The average molecular weight is 521 g/mol. The van der Waals surface area contributed by atoms with Crippen molar-refractivity contribution in [3.05, 3.63) is 71.5 Å². The molecular weight excluding hydrogens is 496 g/mol. The first-order chi connectivity index (χ1) is 17.9. The molecule has 0 bridgehead atoms. The number of hydrogen-bond acceptors (Lipinski definition) is 8. The summed E-state index contributed by atoms with van der Waals surface area (Å²) in [6.07, 6.45) is 3.31. The van der Waals surface area contributed by atoms with E-state index in [0.717, 1.165) is 11.1 Å². The minimum Gasteiger partial charge on any atom is -0.495 e. The SMILES string of the molecule is CNc1nccc(-c2cccnc2Oc2ccc(NC(=O)Nc3cc(Cl)c(OC)cc3OC)cc2C)n1. The van der Waals surface area contributed by atoms with Gasteiger partial charge in [-0.25, -0.2) is 19.7 Å². The summed E-state index contributed by atoms with van der Waals surface area (Å²) < 4.78 is 16.6. The van der Waals surface area contributed by atoms with Crippen molar-refractivity contribution in [2.24, 2.45) is 0 Å². The zero-order chi connectivity index (χ0) is 26.4. The number of anilines is 3. The molecule has 4 rings (SSSR count). The maximum atomic E-state index is 12.6. The van der Waals surface area contributed by atoms with E-state index in [1.807, 2.05) is 19.1 Å². The maximum absolute atomic E-state index is 12.6. The Morgan fingerprint density at radius 1 is 0.919 bits per heavy atom. The predicted molar refractivity (Wildman–Crippen MR) is 143 cm³/mol. The number of methoxy groups -OCH3 is 2. The van der Waals surface area contributed by atoms with Crippen LogP contribution in [0.5, 0.6) is 23.1 Å². The number of nitrogens with zero attached hydrogens (tertiary/aromatic N) is 3. The molecule has 2 amide bonds. The van der Waals surface area contributed by atoms with Crippen molar-refractivity contribution in [2.45, 2.75) is 6.92 Å². The van der Waals surface area contributed by atoms with Gasteiger partial charge in [-0.15, -0.1) is 0 Å². The molecule has 3 N–H and O–H groups in total. The van der Waals surface area contributed by atoms with Crippen LogP contribution in [-0.4, -0.2) is 42.3 Å². The van der Waals surface area contributed by atoms with Gasteiger partial charge >= 0.3 is 6.03 Å². The Bertz CT molecular complexity index is 1430. The van der Waals surface area contributed by atoms with E-state index >= 15 is 0 Å². The number of pyridine rings is 1. The van der Waals surface area contributed by atoms with Gasteiger partial charge in [-0.2, -0.15) is 0 Å². The van der Waals surface area contributed by atoms with Crippen LogP contribution in [-0.2, 0) is 0 Å². The quantitative estimate of drug-likeness (QED) is 0.259. The van der Waals surface area contributed by atoms with Crippen molar-refractivity contribution in [3.8, 4) is 34.4 Å². The van der Waals surface area contributed by atoms with Crippen molar-refractivity contribution in [1.82, 2.24) is 15.0 Å². The highest BCUT2D eigenvalue weighted by Gasteiger charge is 2.15. The number of benzene rings is 2. The molecule has 0 aliphatic carbocycles. The van der Waals surface area contributed by atoms with E-state index in [1.54, 1.807) is 55.8 Å². The molecule has 0 aliphatic rings. The number of ether oxygens (including phenoxy) is 3. The van der Waals surface area contributed by atoms with Crippen LogP contribution in [0.3, 0.4) is 0 Å². The topological polar surface area (TPSA) is 120 Å². The molecule has 4 aromatic rings. The van der Waals surface area contributed by atoms with Crippen molar-refractivity contribution in [3.63, 3.8) is 0 Å². The van der Waals surface area contributed by atoms with E-state index in [1.165, 1.54) is 14.2 Å². The summed E-state index contributed by atoms with van der Waals surface area (Å²) in [4.78, 5) is 25.7. The van der Waals surface area contributed by atoms with Crippen LogP contribution < -0.4 is 30.2 Å². The van der Waals surface area contributed by atoms with E-state index < -0.39 is 6.03 Å². The van der Waals surface area contributed by atoms with E-state index in [0.29, 0.717) is 51.2 Å². The molecule has 0 unspecified atom stereocenters. The highest BCUT2D eigenvalue weighted by Crippen LogP contribution is 2.36. The molecule has 190 valence electrons. The van der Waals surface area contributed by atoms with Crippen molar-refractivity contribution >= 4 is 35.0 Å². The number of aryl methyl sites for hydroxylation is 1. The largest absolute Gasteiger partial charge is 0.495 e. The van der Waals surface area contributed by atoms with Gasteiger partial charge in [0.15, 0.2) is 0 Å². The van der Waals surface area contributed by atoms with Gasteiger partial charge in [0.25, 0.3) is 0 Å². The van der Waals surface area contributed by atoms with E-state index in [-0.39, 0.29) is 0 Å². The number of nitrogens with one attached hydrogen (secondary N) is 3. The normalized spacial score (nSPS) is 10.4. The van der Waals surface area contributed by atoms with Gasteiger partial charge in [-0.05, 0) is 55.0 Å². The zero-order valence-electron chi connectivity index (χ0n) is 20.6. The van der Waals surface area contributed by atoms with Crippen LogP contribution in [0.4, 0.5) is 22.1 Å². The molecule has 0 saturated heterocycles. The van der Waals surface area contributed by atoms with Gasteiger partial charge in [-0.1, -0.05) is 11.6 Å². The summed E-state index contributed by atoms with van der Waals surface area (Å²) in [6.45, 7) is 1.87. The third-order valence-electron chi connectivity index (χ3n) is 5.29. The first-order valence-corrected chi connectivity index (χ1v) is 11.5. The predicted octanol–water partition coefficient (Wildman–Crippen LogP) is 6.00. The molecule has 0 aliphatic heterocycles. The molecule has 0 fully saturated rings. The fourth-order valence-electron chi connectivity index (χ4n) is 3.48. The van der Waals surface area contributed by atoms with Crippen LogP contribution in [0.25, 0.3) is 11.3 Å². The Hall–Kier alpha value is -4.57. The fourth-order valence-corrected chi connectivity index (χ4v) is 3.73. The molecule has 37 heavy (non-hydrogen) atoms. The number of amides is 2. The van der Waals surface area contributed by atoms with E-state index in [4.69, 9.17) is 25.8 Å². The molecule has 0 radical (unpaired) electrons. The standard InChI is InChI=1S/C26H25ClN6O4/c1-15-12-16(31-26(34)33-20-13-18(27)22(35-3)14-23(20)36-4)7-8-21(15)37-24-17(6-5-10-29-24)19-9-11-30-25(28-2)32-19/h5-14H,1-4H3,(H,28,30,32)(H2,31,33,34). The summed E-state index contributed by atoms with van der Waals surface area (Å²) in [6, 6.07) is 13.4. The molecule has 0 saturated carbocycles. The maximum Gasteiger partial charge on any atom is 0.323 e. The Labute approximate surface area is 219 Å². The third-order valence-corrected chi connectivity index (χ3v) is 5.58. The lowest BCUT2D eigenvalue weighted by atomic mass is 10.2. The lowest BCUT2D eigenvalue weighted by Crippen LogP contribution is -2.20. The van der Waals surface area contributed by atoms with Gasteiger partial charge in [0.1, 0.15) is 17.2 Å². The van der Waals surface area contributed by atoms with Crippen LogP contribution in [0.15, 0.2) is 60.9 Å². The molecule has 10 nitrogen and oxygen atoms in total. The molecule has 0 spiro atoms. The highest BCUT2D eigenvalue weighted by atomic mass is 35.5. The minimum atomic E-state index is -0.469. The summed E-state index contributed by atoms with van der Waals surface area (Å²) in [5, 5.41) is 8.80. The number of aromatic nitrogens is 3. The fraction of sp³-hybridized carbons (Fsp3) is 0.154. The first-order valence-electron chi connectivity index (χ1n) is 11.2. The monoisotopic (exact) mass is 520 g/mol. The summed E-state index contributed by atoms with van der Waals surface area (Å²) in [7, 11) is 4.74. The summed E-state index contributed by atoms with van der Waals surface area (Å²) in [5.41, 5.74) is 3.14. The Balaban J connectivity index is 1.49. The second-order valence-corrected chi connectivity index (χ2v) is 8.13. The Morgan fingerprint density at radius 3 is 2.46 bits per heavy atom. The van der Waals surface area contributed by atoms with E-state index in [2.05, 4.69) is 30.9 Å². The van der Waals surface area contributed by atoms with Crippen LogP contribution in [0, 0.1) is 6.92 Å². The minimum absolute atomic E-state index is 0.342. The molecule has 11 heteroatoms. The number of rotatable bonds is 8. The van der Waals surface area contributed by atoms with Crippen molar-refractivity contribution in [2.75, 3.05) is 37.2 Å². The van der Waals surface area contributed by atoms with E-state index in [9.17, 15) is 4.79 Å². The van der Waals surface area contributed by atoms with Gasteiger partial charge in [0.2, 0.25) is 11.8 Å². The summed E-state index contributed by atoms with van der Waals surface area (Å²) >= 11 is 6.19. The lowest BCUT2D eigenvalue weighted by molar-refractivity contribution is 0.262. The van der Waals surface area contributed by atoms with Crippen molar-refractivity contribution < 1.29 is 19.0 Å². The highest BCUT2D eigenvalue weighted by molar-refractivity contribution is 6.32. The van der Waals surface area contributed by atoms with Gasteiger partial charge in [-0.3, -0.25) is 0 Å². The van der Waals surface area contributed by atoms with Crippen molar-refractivity contribution in [1.29, 1.82) is 0 Å². The summed E-state index contributed by atoms with van der Waals surface area (Å²) in [5.74, 6) is 2.32. The molecule has 2 heterocycles. The van der Waals surface area contributed by atoms with Gasteiger partial charge < -0.3 is 30.2 Å². The zero-order valence-corrected chi connectivity index (χ0v) is 21.4. The lowest BCUT2D eigenvalue weighted by Gasteiger charge is -2.15. The number of carbonyl (C=O) groups excluding carboxylic acids is 1. The van der Waals surface area contributed by atoms with Gasteiger partial charge in [0.05, 0.1) is 36.2 Å². The number of hydrogen-bond donors (Lipinski definition) is 3. The third kappa shape index (κ3) is 5.99. The molecule has 2 aromatic carbocycles. The second kappa shape index (κ2) is 11.4. The number of urea groups is 1. The first kappa shape index (κ1) is 25.5. The molecule has 0 atom stereocenters. The van der Waals surface area contributed by atoms with Crippen LogP contribution in [0.1, 0.15) is 5.56 Å². The van der Waals surface area contributed by atoms with Crippen LogP contribution >= 0.6 is 11.6 Å². The van der Waals surface area contributed by atoms with Gasteiger partial charge in [0, 0.05) is 31.2 Å². The van der Waals surface area contributed by atoms with Crippen LogP contribution in [0.2, 0.25) is 5.02 Å². The average Bonchev–Trinajstić information content (AvgIpc) is 2.90.